The Balaban J connectivity index is 1.64. The Hall–Kier alpha value is -2.57. The van der Waals surface area contributed by atoms with Crippen LogP contribution in [-0.4, -0.2) is 32.5 Å². The van der Waals surface area contributed by atoms with Gasteiger partial charge in [-0.3, -0.25) is 9.36 Å². The zero-order valence-corrected chi connectivity index (χ0v) is 17.8. The molecule has 1 amide bonds. The normalized spacial score (nSPS) is 11.8. The Bertz CT molecular complexity index is 957. The second-order valence-electron chi connectivity index (χ2n) is 6.50. The van der Waals surface area contributed by atoms with Crippen LogP contribution in [0.1, 0.15) is 12.5 Å². The molecule has 3 aromatic rings. The summed E-state index contributed by atoms with van der Waals surface area (Å²) in [6, 6.07) is 17.5. The number of amides is 1. The molecule has 7 heteroatoms. The molecule has 0 aliphatic heterocycles. The Morgan fingerprint density at radius 2 is 1.93 bits per heavy atom. The lowest BCUT2D eigenvalue weighted by molar-refractivity contribution is -0.120. The van der Waals surface area contributed by atoms with E-state index in [4.69, 9.17) is 11.6 Å². The SMILES string of the molecule is C=CCn1c(SC(C)C(=O)NCCc2ccccc2)nnc1-c1ccc(Cl)cc1. The third-order valence-electron chi connectivity index (χ3n) is 4.34. The van der Waals surface area contributed by atoms with Crippen LogP contribution in [0.5, 0.6) is 0 Å². The minimum Gasteiger partial charge on any atom is -0.355 e. The standard InChI is InChI=1S/C22H23ClN4OS/c1-3-15-27-20(18-9-11-19(23)12-10-18)25-26-22(27)29-16(2)21(28)24-14-13-17-7-5-4-6-8-17/h3-12,16H,1,13-15H2,2H3,(H,24,28). The molecule has 2 aromatic carbocycles. The summed E-state index contributed by atoms with van der Waals surface area (Å²) in [4.78, 5) is 12.5. The van der Waals surface area contributed by atoms with Gasteiger partial charge in [0.1, 0.15) is 0 Å². The number of nitrogens with one attached hydrogen (secondary N) is 1. The zero-order chi connectivity index (χ0) is 20.6. The number of rotatable bonds is 9. The van der Waals surface area contributed by atoms with Crippen molar-refractivity contribution in [3.8, 4) is 11.4 Å². The van der Waals surface area contributed by atoms with Crippen molar-refractivity contribution in [3.63, 3.8) is 0 Å². The average Bonchev–Trinajstić information content (AvgIpc) is 3.12. The molecule has 0 aliphatic rings. The van der Waals surface area contributed by atoms with Gasteiger partial charge in [0.25, 0.3) is 0 Å². The van der Waals surface area contributed by atoms with Gasteiger partial charge in [-0.15, -0.1) is 16.8 Å². The van der Waals surface area contributed by atoms with Crippen LogP contribution in [-0.2, 0) is 17.8 Å². The summed E-state index contributed by atoms with van der Waals surface area (Å²) in [6.07, 6.45) is 2.59. The number of thioether (sulfide) groups is 1. The predicted octanol–water partition coefficient (Wildman–Crippen LogP) is 4.62. The van der Waals surface area contributed by atoms with Crippen molar-refractivity contribution in [2.45, 2.75) is 30.3 Å². The van der Waals surface area contributed by atoms with Crippen molar-refractivity contribution in [1.82, 2.24) is 20.1 Å². The molecule has 0 bridgehead atoms. The summed E-state index contributed by atoms with van der Waals surface area (Å²) in [5, 5.41) is 12.7. The van der Waals surface area contributed by atoms with Crippen LogP contribution in [0, 0.1) is 0 Å². The second-order valence-corrected chi connectivity index (χ2v) is 8.24. The van der Waals surface area contributed by atoms with Crippen molar-refractivity contribution >= 4 is 29.3 Å². The van der Waals surface area contributed by atoms with Crippen LogP contribution < -0.4 is 5.32 Å². The number of aromatic nitrogens is 3. The van der Waals surface area contributed by atoms with Gasteiger partial charge in [0.05, 0.1) is 5.25 Å². The number of carbonyl (C=O) groups is 1. The fraction of sp³-hybridized carbons (Fsp3) is 0.227. The first-order valence-electron chi connectivity index (χ1n) is 9.37. The van der Waals surface area contributed by atoms with Gasteiger partial charge >= 0.3 is 0 Å². The molecule has 1 atom stereocenters. The quantitative estimate of drug-likeness (QED) is 0.400. The summed E-state index contributed by atoms with van der Waals surface area (Å²) < 4.78 is 1.95. The van der Waals surface area contributed by atoms with Gasteiger partial charge in [0.15, 0.2) is 11.0 Å². The molecule has 5 nitrogen and oxygen atoms in total. The smallest absolute Gasteiger partial charge is 0.233 e. The first-order valence-corrected chi connectivity index (χ1v) is 10.6. The lowest BCUT2D eigenvalue weighted by atomic mass is 10.1. The van der Waals surface area contributed by atoms with Crippen LogP contribution in [0.15, 0.2) is 72.4 Å². The number of allylic oxidation sites excluding steroid dienone is 1. The molecule has 29 heavy (non-hydrogen) atoms. The number of hydrogen-bond acceptors (Lipinski definition) is 4. The molecule has 0 saturated carbocycles. The Kier molecular flexibility index (Phi) is 7.49. The molecule has 0 radical (unpaired) electrons. The van der Waals surface area contributed by atoms with Crippen LogP contribution >= 0.6 is 23.4 Å². The largest absolute Gasteiger partial charge is 0.355 e. The highest BCUT2D eigenvalue weighted by atomic mass is 35.5. The van der Waals surface area contributed by atoms with E-state index in [1.165, 1.54) is 17.3 Å². The predicted molar refractivity (Wildman–Crippen MR) is 119 cm³/mol. The number of hydrogen-bond donors (Lipinski definition) is 1. The summed E-state index contributed by atoms with van der Waals surface area (Å²) in [6.45, 7) is 6.85. The summed E-state index contributed by atoms with van der Waals surface area (Å²) >= 11 is 7.37. The van der Waals surface area contributed by atoms with Crippen molar-refractivity contribution in [2.24, 2.45) is 0 Å². The molecular formula is C22H23ClN4OS. The number of carbonyl (C=O) groups excluding carboxylic acids is 1. The van der Waals surface area contributed by atoms with Crippen molar-refractivity contribution in [1.29, 1.82) is 0 Å². The van der Waals surface area contributed by atoms with E-state index in [9.17, 15) is 4.79 Å². The molecule has 1 heterocycles. The highest BCUT2D eigenvalue weighted by Crippen LogP contribution is 2.27. The van der Waals surface area contributed by atoms with Crippen molar-refractivity contribution in [2.75, 3.05) is 6.54 Å². The lowest BCUT2D eigenvalue weighted by Gasteiger charge is -2.13. The van der Waals surface area contributed by atoms with Crippen molar-refractivity contribution in [3.05, 3.63) is 77.8 Å². The van der Waals surface area contributed by atoms with E-state index in [1.807, 2.05) is 54.0 Å². The van der Waals surface area contributed by atoms with E-state index in [-0.39, 0.29) is 11.2 Å². The van der Waals surface area contributed by atoms with Gasteiger partial charge in [-0.25, -0.2) is 0 Å². The third-order valence-corrected chi connectivity index (χ3v) is 5.67. The monoisotopic (exact) mass is 426 g/mol. The van der Waals surface area contributed by atoms with Gasteiger partial charge in [-0.05, 0) is 43.2 Å². The Morgan fingerprint density at radius 1 is 1.21 bits per heavy atom. The number of halogens is 1. The molecule has 0 spiro atoms. The first kappa shape index (κ1) is 21.1. The molecule has 3 rings (SSSR count). The molecule has 0 saturated heterocycles. The van der Waals surface area contributed by atoms with E-state index in [0.29, 0.717) is 23.3 Å². The van der Waals surface area contributed by atoms with E-state index >= 15 is 0 Å². The van der Waals surface area contributed by atoms with E-state index < -0.39 is 0 Å². The average molecular weight is 427 g/mol. The highest BCUT2D eigenvalue weighted by Gasteiger charge is 2.20. The maximum absolute atomic E-state index is 12.5. The summed E-state index contributed by atoms with van der Waals surface area (Å²) in [5.74, 6) is 0.702. The van der Waals surface area contributed by atoms with Gasteiger partial charge < -0.3 is 5.32 Å². The fourth-order valence-electron chi connectivity index (χ4n) is 2.81. The first-order chi connectivity index (χ1) is 14.1. The number of benzene rings is 2. The summed E-state index contributed by atoms with van der Waals surface area (Å²) in [5.41, 5.74) is 2.11. The van der Waals surface area contributed by atoms with Crippen LogP contribution in [0.4, 0.5) is 0 Å². The third kappa shape index (κ3) is 5.71. The molecular weight excluding hydrogens is 404 g/mol. The fourth-order valence-corrected chi connectivity index (χ4v) is 3.82. The van der Waals surface area contributed by atoms with E-state index in [2.05, 4.69) is 34.2 Å². The molecule has 150 valence electrons. The molecule has 1 aromatic heterocycles. The molecule has 0 fully saturated rings. The van der Waals surface area contributed by atoms with Crippen molar-refractivity contribution < 1.29 is 4.79 Å². The van der Waals surface area contributed by atoms with Gasteiger partial charge in [0, 0.05) is 23.7 Å². The Labute approximate surface area is 180 Å². The van der Waals surface area contributed by atoms with E-state index in [1.54, 1.807) is 6.08 Å². The van der Waals surface area contributed by atoms with Gasteiger partial charge in [-0.2, -0.15) is 0 Å². The van der Waals surface area contributed by atoms with E-state index in [0.717, 1.165) is 17.8 Å². The second kappa shape index (κ2) is 10.3. The minimum absolute atomic E-state index is 0.0212. The topological polar surface area (TPSA) is 59.8 Å². The lowest BCUT2D eigenvalue weighted by Crippen LogP contribution is -2.32. The highest BCUT2D eigenvalue weighted by molar-refractivity contribution is 8.00. The molecule has 1 N–H and O–H groups in total. The minimum atomic E-state index is -0.295. The van der Waals surface area contributed by atoms with Crippen LogP contribution in [0.3, 0.4) is 0 Å². The van der Waals surface area contributed by atoms with Crippen LogP contribution in [0.2, 0.25) is 5.02 Å². The van der Waals surface area contributed by atoms with Gasteiger partial charge in [-0.1, -0.05) is 59.8 Å². The zero-order valence-electron chi connectivity index (χ0n) is 16.2. The maximum Gasteiger partial charge on any atom is 0.233 e. The number of nitrogens with zero attached hydrogens (tertiary/aromatic N) is 3. The Morgan fingerprint density at radius 3 is 2.62 bits per heavy atom. The molecule has 1 unspecified atom stereocenters. The maximum atomic E-state index is 12.5. The molecule has 0 aliphatic carbocycles. The van der Waals surface area contributed by atoms with Gasteiger partial charge in [0.2, 0.25) is 5.91 Å². The summed E-state index contributed by atoms with van der Waals surface area (Å²) in [7, 11) is 0. The van der Waals surface area contributed by atoms with Crippen LogP contribution in [0.25, 0.3) is 11.4 Å².